The van der Waals surface area contributed by atoms with Crippen molar-refractivity contribution in [3.8, 4) is 11.5 Å². The van der Waals surface area contributed by atoms with Gasteiger partial charge in [0, 0.05) is 24.0 Å². The molecule has 27 heavy (non-hydrogen) atoms. The first kappa shape index (κ1) is 17.6. The van der Waals surface area contributed by atoms with E-state index in [1.54, 1.807) is 12.1 Å². The number of carbonyl (C=O) groups excluding carboxylic acids is 1. The molecule has 3 aromatic rings. The molecule has 6 heteroatoms. The highest BCUT2D eigenvalue weighted by Gasteiger charge is 2.17. The molecule has 0 saturated carbocycles. The predicted molar refractivity (Wildman–Crippen MR) is 105 cm³/mol. The maximum atomic E-state index is 12.8. The molecule has 0 saturated heterocycles. The van der Waals surface area contributed by atoms with Gasteiger partial charge < -0.3 is 14.8 Å². The smallest absolute Gasteiger partial charge is 0.252 e. The van der Waals surface area contributed by atoms with Crippen molar-refractivity contribution < 1.29 is 14.3 Å². The van der Waals surface area contributed by atoms with Crippen molar-refractivity contribution in [3.63, 3.8) is 0 Å². The molecule has 0 spiro atoms. The quantitative estimate of drug-likeness (QED) is 0.734. The normalized spacial score (nSPS) is 13.3. The lowest BCUT2D eigenvalue weighted by Gasteiger charge is -2.13. The lowest BCUT2D eigenvalue weighted by Crippen LogP contribution is -2.23. The minimum atomic E-state index is -0.153. The fraction of sp³-hybridized carbons (Fsp3) is 0.238. The van der Waals surface area contributed by atoms with E-state index >= 15 is 0 Å². The second kappa shape index (κ2) is 7.45. The van der Waals surface area contributed by atoms with Crippen LogP contribution in [0.1, 0.15) is 28.0 Å². The summed E-state index contributed by atoms with van der Waals surface area (Å²) >= 11 is 6.33. The van der Waals surface area contributed by atoms with Crippen molar-refractivity contribution in [1.82, 2.24) is 10.3 Å². The number of hydrogen-bond donors (Lipinski definition) is 1. The van der Waals surface area contributed by atoms with E-state index in [0.29, 0.717) is 41.8 Å². The third-order valence-corrected chi connectivity index (χ3v) is 4.68. The third kappa shape index (κ3) is 3.69. The van der Waals surface area contributed by atoms with Crippen molar-refractivity contribution in [2.45, 2.75) is 19.9 Å². The van der Waals surface area contributed by atoms with Crippen LogP contribution in [0.4, 0.5) is 0 Å². The van der Waals surface area contributed by atoms with Crippen LogP contribution < -0.4 is 14.8 Å². The standard InChI is InChI=1S/C21H19ClN2O3/c1-13-9-16(15-5-2-3-6-18(15)24-13)21(25)23-12-14-10-17(22)20-19(11-14)26-7-4-8-27-20/h2-3,5-6,9-11H,4,7-8,12H2,1H3,(H,23,25). The molecule has 1 N–H and O–H groups in total. The number of benzene rings is 2. The topological polar surface area (TPSA) is 60.5 Å². The zero-order valence-electron chi connectivity index (χ0n) is 14.9. The Morgan fingerprint density at radius 3 is 2.89 bits per heavy atom. The van der Waals surface area contributed by atoms with Gasteiger partial charge in [-0.2, -0.15) is 0 Å². The monoisotopic (exact) mass is 382 g/mol. The van der Waals surface area contributed by atoms with Gasteiger partial charge in [0.25, 0.3) is 5.91 Å². The molecular formula is C21H19ClN2O3. The van der Waals surface area contributed by atoms with E-state index in [-0.39, 0.29) is 5.91 Å². The van der Waals surface area contributed by atoms with Crippen LogP contribution >= 0.6 is 11.6 Å². The van der Waals surface area contributed by atoms with Gasteiger partial charge in [-0.05, 0) is 36.8 Å². The molecule has 4 rings (SSSR count). The number of rotatable bonds is 3. The van der Waals surface area contributed by atoms with Gasteiger partial charge in [-0.3, -0.25) is 9.78 Å². The van der Waals surface area contributed by atoms with Crippen molar-refractivity contribution >= 4 is 28.4 Å². The van der Waals surface area contributed by atoms with E-state index in [0.717, 1.165) is 28.6 Å². The van der Waals surface area contributed by atoms with Crippen molar-refractivity contribution in [1.29, 1.82) is 0 Å². The largest absolute Gasteiger partial charge is 0.489 e. The Labute approximate surface area is 162 Å². The summed E-state index contributed by atoms with van der Waals surface area (Å²) in [5.74, 6) is 1.04. The van der Waals surface area contributed by atoms with Crippen LogP contribution in [0.2, 0.25) is 5.02 Å². The van der Waals surface area contributed by atoms with E-state index in [9.17, 15) is 4.79 Å². The number of fused-ring (bicyclic) bond motifs is 2. The fourth-order valence-corrected chi connectivity index (χ4v) is 3.45. The molecule has 0 aliphatic carbocycles. The molecular weight excluding hydrogens is 364 g/mol. The number of carbonyl (C=O) groups is 1. The van der Waals surface area contributed by atoms with E-state index in [1.807, 2.05) is 37.3 Å². The van der Waals surface area contributed by atoms with Crippen molar-refractivity contribution in [2.24, 2.45) is 0 Å². The Hall–Kier alpha value is -2.79. The summed E-state index contributed by atoms with van der Waals surface area (Å²) in [7, 11) is 0. The highest BCUT2D eigenvalue weighted by atomic mass is 35.5. The van der Waals surface area contributed by atoms with Crippen molar-refractivity contribution in [3.05, 3.63) is 64.3 Å². The van der Waals surface area contributed by atoms with Gasteiger partial charge in [0.1, 0.15) is 0 Å². The molecule has 2 aromatic carbocycles. The van der Waals surface area contributed by atoms with Gasteiger partial charge in [-0.15, -0.1) is 0 Å². The van der Waals surface area contributed by atoms with E-state index in [4.69, 9.17) is 21.1 Å². The molecule has 2 heterocycles. The van der Waals surface area contributed by atoms with E-state index < -0.39 is 0 Å². The first-order valence-electron chi connectivity index (χ1n) is 8.84. The van der Waals surface area contributed by atoms with E-state index in [1.165, 1.54) is 0 Å². The summed E-state index contributed by atoms with van der Waals surface area (Å²) in [4.78, 5) is 17.3. The van der Waals surface area contributed by atoms with Crippen LogP contribution in [0.3, 0.4) is 0 Å². The number of pyridine rings is 1. The summed E-state index contributed by atoms with van der Waals surface area (Å²) in [5.41, 5.74) is 3.07. The summed E-state index contributed by atoms with van der Waals surface area (Å²) in [6.45, 7) is 3.39. The second-order valence-electron chi connectivity index (χ2n) is 6.47. The first-order chi connectivity index (χ1) is 13.1. The van der Waals surface area contributed by atoms with Gasteiger partial charge in [0.2, 0.25) is 0 Å². The number of aryl methyl sites for hydroxylation is 1. The summed E-state index contributed by atoms with van der Waals surface area (Å²) < 4.78 is 11.3. The molecule has 1 aliphatic heterocycles. The van der Waals surface area contributed by atoms with Crippen LogP contribution in [0.25, 0.3) is 10.9 Å². The van der Waals surface area contributed by atoms with E-state index in [2.05, 4.69) is 10.3 Å². The average Bonchev–Trinajstić information content (AvgIpc) is 2.91. The lowest BCUT2D eigenvalue weighted by molar-refractivity contribution is 0.0952. The van der Waals surface area contributed by atoms with Crippen LogP contribution in [-0.2, 0) is 6.54 Å². The number of para-hydroxylation sites is 1. The molecule has 5 nitrogen and oxygen atoms in total. The Balaban J connectivity index is 1.57. The van der Waals surface area contributed by atoms with Crippen LogP contribution in [0.15, 0.2) is 42.5 Å². The molecule has 0 radical (unpaired) electrons. The highest BCUT2D eigenvalue weighted by Crippen LogP contribution is 2.38. The molecule has 1 amide bonds. The van der Waals surface area contributed by atoms with Gasteiger partial charge in [-0.25, -0.2) is 0 Å². The number of aromatic nitrogens is 1. The summed E-state index contributed by atoms with van der Waals surface area (Å²) in [6, 6.07) is 13.1. The van der Waals surface area contributed by atoms with Gasteiger partial charge in [0.05, 0.1) is 29.3 Å². The number of ether oxygens (including phenoxy) is 2. The molecule has 0 fully saturated rings. The van der Waals surface area contributed by atoms with Crippen LogP contribution in [-0.4, -0.2) is 24.1 Å². The maximum Gasteiger partial charge on any atom is 0.252 e. The molecule has 138 valence electrons. The minimum Gasteiger partial charge on any atom is -0.489 e. The Bertz CT molecular complexity index is 1020. The number of nitrogens with zero attached hydrogens (tertiary/aromatic N) is 1. The number of amides is 1. The predicted octanol–water partition coefficient (Wildman–Crippen LogP) is 4.29. The summed E-state index contributed by atoms with van der Waals surface area (Å²) in [5, 5.41) is 4.28. The first-order valence-corrected chi connectivity index (χ1v) is 9.22. The molecule has 0 unspecified atom stereocenters. The number of nitrogens with one attached hydrogen (secondary N) is 1. The fourth-order valence-electron chi connectivity index (χ4n) is 3.16. The van der Waals surface area contributed by atoms with Crippen molar-refractivity contribution in [2.75, 3.05) is 13.2 Å². The lowest BCUT2D eigenvalue weighted by atomic mass is 10.1. The maximum absolute atomic E-state index is 12.8. The molecule has 0 bridgehead atoms. The Kier molecular flexibility index (Phi) is 4.86. The summed E-state index contributed by atoms with van der Waals surface area (Å²) in [6.07, 6.45) is 0.811. The molecule has 1 aromatic heterocycles. The van der Waals surface area contributed by atoms with Gasteiger partial charge in [0.15, 0.2) is 11.5 Å². The zero-order chi connectivity index (χ0) is 18.8. The van der Waals surface area contributed by atoms with Gasteiger partial charge in [-0.1, -0.05) is 29.8 Å². The highest BCUT2D eigenvalue weighted by molar-refractivity contribution is 6.32. The SMILES string of the molecule is Cc1cc(C(=O)NCc2cc(Cl)c3c(c2)OCCCO3)c2ccccc2n1. The second-order valence-corrected chi connectivity index (χ2v) is 6.87. The Morgan fingerprint density at radius 1 is 1.19 bits per heavy atom. The van der Waals surface area contributed by atoms with Crippen LogP contribution in [0, 0.1) is 6.92 Å². The van der Waals surface area contributed by atoms with Crippen LogP contribution in [0.5, 0.6) is 11.5 Å². The molecule has 0 atom stereocenters. The minimum absolute atomic E-state index is 0.153. The average molecular weight is 383 g/mol. The number of hydrogen-bond acceptors (Lipinski definition) is 4. The van der Waals surface area contributed by atoms with Gasteiger partial charge >= 0.3 is 0 Å². The zero-order valence-corrected chi connectivity index (χ0v) is 15.7. The Morgan fingerprint density at radius 2 is 2.00 bits per heavy atom. The number of halogens is 1. The molecule has 1 aliphatic rings. The third-order valence-electron chi connectivity index (χ3n) is 4.40.